The Labute approximate surface area is 413 Å². The van der Waals surface area contributed by atoms with Crippen molar-refractivity contribution in [3.8, 4) is 11.6 Å². The third kappa shape index (κ3) is 8.43. The van der Waals surface area contributed by atoms with E-state index >= 15 is 0 Å². The first kappa shape index (κ1) is 46.1. The highest BCUT2D eigenvalue weighted by atomic mass is 32.2. The maximum absolute atomic E-state index is 14.8. The number of pyridine rings is 1. The highest BCUT2D eigenvalue weighted by Gasteiger charge is 2.50. The van der Waals surface area contributed by atoms with Gasteiger partial charge in [-0.3, -0.25) is 19.8 Å². The van der Waals surface area contributed by atoms with E-state index in [4.69, 9.17) is 19.2 Å². The number of aryl methyl sites for hydroxylation is 1. The fourth-order valence-corrected chi connectivity index (χ4v) is 14.1. The quantitative estimate of drug-likeness (QED) is 0.0771. The van der Waals surface area contributed by atoms with Crippen LogP contribution in [-0.2, 0) is 21.2 Å². The standard InChI is InChI=1S/C53H62N8O9S/c1-2-32-6-3-4-7-39(32)42-8-5-20-59(42)36-28-53(29-36)17-21-58(22-18-53)35-11-14-40(43(25-35)60-45-24-34-15-19-54-50(34)56-52(45)70-47-16-23-68-31-46(47)60)51(63)57-71(66,67)38-26-44(61(64)65)49-48(27-38)69-30-41(55-49)33-9-12-37(62)13-10-33/h3-4,6-7,11,14-15,19,24-27,33,36-37,41-42,46-47,55,62H,2,5,8-10,12-13,16-18,20-23,28-31H2,1H3,(H,54,56)(H,57,63)/t33?,37?,41-,42-,46+,47-/m0/s1. The maximum atomic E-state index is 14.8. The molecule has 7 heterocycles. The van der Waals surface area contributed by atoms with Gasteiger partial charge in [0, 0.05) is 61.0 Å². The average molecular weight is 987 g/mol. The minimum Gasteiger partial charge on any atom is -0.489 e. The van der Waals surface area contributed by atoms with Crippen LogP contribution in [0.4, 0.5) is 28.4 Å². The number of aromatic nitrogens is 2. The van der Waals surface area contributed by atoms with E-state index < -0.39 is 31.4 Å². The Kier molecular flexibility index (Phi) is 11.9. The number of nitrogens with one attached hydrogen (secondary N) is 3. The number of sulfonamides is 1. The molecule has 3 saturated heterocycles. The summed E-state index contributed by atoms with van der Waals surface area (Å²) in [5.74, 6) is -0.372. The fourth-order valence-electron chi connectivity index (χ4n) is 13.1. The number of ether oxygens (including phenoxy) is 3. The van der Waals surface area contributed by atoms with Gasteiger partial charge in [0.25, 0.3) is 21.6 Å². The van der Waals surface area contributed by atoms with E-state index in [0.29, 0.717) is 67.5 Å². The summed E-state index contributed by atoms with van der Waals surface area (Å²) in [7, 11) is -4.70. The number of likely N-dealkylation sites (tertiary alicyclic amines) is 1. The van der Waals surface area contributed by atoms with Crippen molar-refractivity contribution >= 4 is 55.4 Å². The van der Waals surface area contributed by atoms with Gasteiger partial charge in [-0.05, 0) is 130 Å². The average Bonchev–Trinajstić information content (AvgIpc) is 4.06. The molecule has 4 N–H and O–H groups in total. The van der Waals surface area contributed by atoms with E-state index in [2.05, 4.69) is 56.0 Å². The number of aliphatic hydroxyl groups excluding tert-OH is 1. The second-order valence-corrected chi connectivity index (χ2v) is 22.7. The number of hydrogen-bond acceptors (Lipinski definition) is 14. The molecule has 2 aromatic heterocycles. The molecule has 5 fully saturated rings. The first-order chi connectivity index (χ1) is 34.4. The molecular weight excluding hydrogens is 925 g/mol. The zero-order chi connectivity index (χ0) is 48.6. The van der Waals surface area contributed by atoms with Crippen LogP contribution in [0.3, 0.4) is 0 Å². The molecule has 0 bridgehead atoms. The molecule has 7 aliphatic rings. The third-order valence-electron chi connectivity index (χ3n) is 17.0. The monoisotopic (exact) mass is 986 g/mol. The molecule has 5 aliphatic heterocycles. The number of rotatable bonds is 10. The van der Waals surface area contributed by atoms with Gasteiger partial charge in [0.1, 0.15) is 24.0 Å². The summed E-state index contributed by atoms with van der Waals surface area (Å²) in [4.78, 5) is 41.5. The number of carbonyl (C=O) groups excluding carboxylic acids is 1. The van der Waals surface area contributed by atoms with Crippen LogP contribution in [0.15, 0.2) is 77.8 Å². The van der Waals surface area contributed by atoms with Gasteiger partial charge < -0.3 is 39.4 Å². The number of nitro groups is 1. The lowest BCUT2D eigenvalue weighted by Gasteiger charge is -2.56. The summed E-state index contributed by atoms with van der Waals surface area (Å²) < 4.78 is 49.7. The smallest absolute Gasteiger partial charge is 0.297 e. The highest BCUT2D eigenvalue weighted by molar-refractivity contribution is 7.90. The lowest BCUT2D eigenvalue weighted by atomic mass is 9.59. The molecule has 1 spiro atoms. The number of benzene rings is 3. The largest absolute Gasteiger partial charge is 0.489 e. The van der Waals surface area contributed by atoms with Crippen molar-refractivity contribution in [2.45, 2.75) is 125 Å². The lowest BCUT2D eigenvalue weighted by molar-refractivity contribution is -0.384. The van der Waals surface area contributed by atoms with Crippen LogP contribution in [0.5, 0.6) is 11.6 Å². The van der Waals surface area contributed by atoms with Crippen molar-refractivity contribution < 1.29 is 37.5 Å². The molecule has 0 radical (unpaired) electrons. The van der Waals surface area contributed by atoms with Gasteiger partial charge in [-0.15, -0.1) is 0 Å². The molecule has 2 aliphatic carbocycles. The second-order valence-electron chi connectivity index (χ2n) is 21.0. The van der Waals surface area contributed by atoms with Crippen LogP contribution in [-0.4, -0.2) is 109 Å². The van der Waals surface area contributed by atoms with Gasteiger partial charge in [-0.1, -0.05) is 31.2 Å². The number of fused-ring (bicyclic) bond motifs is 4. The number of piperidine rings is 1. The predicted molar refractivity (Wildman–Crippen MR) is 268 cm³/mol. The molecule has 4 atom stereocenters. The molecule has 71 heavy (non-hydrogen) atoms. The number of nitro benzene ring substituents is 1. The zero-order valence-corrected chi connectivity index (χ0v) is 40.9. The summed E-state index contributed by atoms with van der Waals surface area (Å²) in [5.41, 5.74) is 5.61. The number of nitrogens with zero attached hydrogens (tertiary/aromatic N) is 5. The van der Waals surface area contributed by atoms with Crippen molar-refractivity contribution in [2.75, 3.05) is 54.6 Å². The van der Waals surface area contributed by atoms with Gasteiger partial charge in [-0.25, -0.2) is 13.1 Å². The maximum Gasteiger partial charge on any atom is 0.297 e. The Morgan fingerprint density at radius 3 is 2.59 bits per heavy atom. The van der Waals surface area contributed by atoms with Crippen molar-refractivity contribution in [3.05, 3.63) is 99.7 Å². The summed E-state index contributed by atoms with van der Waals surface area (Å²) in [6.45, 7) is 6.03. The van der Waals surface area contributed by atoms with Crippen molar-refractivity contribution in [1.29, 1.82) is 0 Å². The molecular formula is C53H62N8O9S. The number of H-pyrrole nitrogens is 1. The number of anilines is 4. The first-order valence-corrected chi connectivity index (χ1v) is 27.1. The van der Waals surface area contributed by atoms with E-state index in [1.807, 2.05) is 35.4 Å². The molecule has 2 saturated carbocycles. The number of amides is 1. The fraction of sp³-hybridized carbons (Fsp3) is 0.509. The predicted octanol–water partition coefficient (Wildman–Crippen LogP) is 8.15. The Morgan fingerprint density at radius 1 is 0.972 bits per heavy atom. The van der Waals surface area contributed by atoms with Crippen LogP contribution in [0.25, 0.3) is 11.0 Å². The Morgan fingerprint density at radius 2 is 1.79 bits per heavy atom. The topological polar surface area (TPSA) is 205 Å². The number of hydrogen-bond donors (Lipinski definition) is 4. The summed E-state index contributed by atoms with van der Waals surface area (Å²) in [6.07, 6.45) is 12.4. The van der Waals surface area contributed by atoms with Gasteiger partial charge >= 0.3 is 0 Å². The van der Waals surface area contributed by atoms with Gasteiger partial charge in [0.15, 0.2) is 11.4 Å². The number of carbonyl (C=O) groups is 1. The molecule has 5 aromatic rings. The Balaban J connectivity index is 0.837. The first-order valence-electron chi connectivity index (χ1n) is 25.7. The number of aliphatic hydroxyl groups is 1. The van der Waals surface area contributed by atoms with E-state index in [9.17, 15) is 28.4 Å². The highest BCUT2D eigenvalue weighted by Crippen LogP contribution is 2.55. The van der Waals surface area contributed by atoms with Crippen LogP contribution >= 0.6 is 0 Å². The van der Waals surface area contributed by atoms with E-state index in [0.717, 1.165) is 68.9 Å². The Bertz CT molecular complexity index is 2980. The molecule has 374 valence electrons. The summed E-state index contributed by atoms with van der Waals surface area (Å²) in [5, 5.41) is 26.7. The molecule has 1 amide bonds. The van der Waals surface area contributed by atoms with E-state index in [1.54, 1.807) is 6.07 Å². The van der Waals surface area contributed by atoms with E-state index in [-0.39, 0.29) is 59.2 Å². The van der Waals surface area contributed by atoms with Gasteiger partial charge in [-0.2, -0.15) is 4.98 Å². The molecule has 12 rings (SSSR count). The summed E-state index contributed by atoms with van der Waals surface area (Å²) in [6, 6.07) is 21.1. The molecule has 17 nitrogen and oxygen atoms in total. The van der Waals surface area contributed by atoms with E-state index in [1.165, 1.54) is 42.9 Å². The van der Waals surface area contributed by atoms with Crippen LogP contribution in [0, 0.1) is 21.4 Å². The zero-order valence-electron chi connectivity index (χ0n) is 40.1. The van der Waals surface area contributed by atoms with Crippen molar-refractivity contribution in [3.63, 3.8) is 0 Å². The Hall–Kier alpha value is -5.95. The summed E-state index contributed by atoms with van der Waals surface area (Å²) >= 11 is 0. The van der Waals surface area contributed by atoms with Crippen molar-refractivity contribution in [1.82, 2.24) is 19.6 Å². The second kappa shape index (κ2) is 18.3. The molecule has 3 aromatic carbocycles. The van der Waals surface area contributed by atoms with Gasteiger partial charge in [0.2, 0.25) is 5.88 Å². The number of aromatic amines is 1. The normalized spacial score (nSPS) is 26.3. The SMILES string of the molecule is CCc1ccccc1[C@@H]1CCCN1C1CC2(CCN(c3ccc(C(=O)NS(=O)(=O)c4cc5c(c([N+](=O)[O-])c4)N[C@H](C4CCC(O)CC4)CO5)c(N4c5cc6cc[nH]c6nc5O[C@H]5CCOC[C@H]54)c3)CC2)C1. The minimum absolute atomic E-state index is 0.0136. The lowest BCUT2D eigenvalue weighted by Crippen LogP contribution is -2.55. The van der Waals surface area contributed by atoms with Crippen molar-refractivity contribution in [2.24, 2.45) is 11.3 Å². The van der Waals surface area contributed by atoms with Crippen LogP contribution in [0.1, 0.15) is 105 Å². The third-order valence-corrected chi connectivity index (χ3v) is 18.3. The van der Waals surface area contributed by atoms with Crippen LogP contribution < -0.4 is 29.3 Å². The van der Waals surface area contributed by atoms with Crippen LogP contribution in [0.2, 0.25) is 0 Å². The molecule has 18 heteroatoms. The minimum atomic E-state index is -4.70. The molecule has 0 unspecified atom stereocenters. The van der Waals surface area contributed by atoms with Gasteiger partial charge in [0.05, 0.1) is 52.5 Å².